The van der Waals surface area contributed by atoms with Crippen molar-refractivity contribution in [2.75, 3.05) is 39.3 Å². The third kappa shape index (κ3) is 3.26. The molecule has 0 aromatic heterocycles. The zero-order valence-corrected chi connectivity index (χ0v) is 11.3. The van der Waals surface area contributed by atoms with E-state index >= 15 is 0 Å². The molecule has 0 radical (unpaired) electrons. The van der Waals surface area contributed by atoms with E-state index in [4.69, 9.17) is 5.11 Å². The number of β-amino-alcohol motifs (C(OH)–C–C–N with tert-alkyl or cyclic N) is 1. The number of hydrogen-bond donors (Lipinski definition) is 2. The third-order valence-electron chi connectivity index (χ3n) is 3.50. The molecule has 1 saturated heterocycles. The van der Waals surface area contributed by atoms with Gasteiger partial charge in [0.1, 0.15) is 17.1 Å². The normalized spacial score (nSPS) is 17.0. The second kappa shape index (κ2) is 6.67. The largest absolute Gasteiger partial charge is 0.507 e. The summed E-state index contributed by atoms with van der Waals surface area (Å²) in [4.78, 5) is 15.9. The van der Waals surface area contributed by atoms with Crippen molar-refractivity contribution in [1.82, 2.24) is 9.80 Å². The van der Waals surface area contributed by atoms with E-state index in [0.29, 0.717) is 26.2 Å². The van der Waals surface area contributed by atoms with E-state index in [1.807, 2.05) is 0 Å². The topological polar surface area (TPSA) is 64.0 Å². The molecule has 110 valence electrons. The number of halogens is 1. The lowest BCUT2D eigenvalue weighted by Crippen LogP contribution is -2.36. The predicted octanol–water partition coefficient (Wildman–Crippen LogP) is 0.671. The first-order chi connectivity index (χ1) is 9.63. The molecular formula is C14H19FN2O3. The Morgan fingerprint density at radius 1 is 1.25 bits per heavy atom. The number of phenols is 1. The number of rotatable bonds is 3. The minimum absolute atomic E-state index is 0.0854. The maximum atomic E-state index is 13.7. The van der Waals surface area contributed by atoms with Crippen LogP contribution >= 0.6 is 0 Å². The lowest BCUT2D eigenvalue weighted by atomic mass is 10.1. The zero-order chi connectivity index (χ0) is 14.5. The molecule has 1 fully saturated rings. The third-order valence-corrected chi connectivity index (χ3v) is 3.50. The van der Waals surface area contributed by atoms with Crippen LogP contribution in [0.2, 0.25) is 0 Å². The highest BCUT2D eigenvalue weighted by atomic mass is 19.1. The van der Waals surface area contributed by atoms with Gasteiger partial charge in [-0.1, -0.05) is 6.07 Å². The number of phenolic OH excluding ortho intramolecular Hbond substituents is 1. The van der Waals surface area contributed by atoms with Gasteiger partial charge in [-0.15, -0.1) is 0 Å². The number of amides is 1. The zero-order valence-electron chi connectivity index (χ0n) is 11.3. The Kier molecular flexibility index (Phi) is 4.92. The van der Waals surface area contributed by atoms with Crippen LogP contribution in [0.15, 0.2) is 18.2 Å². The number of carbonyl (C=O) groups excluding carboxylic acids is 1. The molecule has 2 rings (SSSR count). The van der Waals surface area contributed by atoms with Gasteiger partial charge >= 0.3 is 0 Å². The van der Waals surface area contributed by atoms with Gasteiger partial charge in [0.15, 0.2) is 0 Å². The molecule has 0 unspecified atom stereocenters. The first-order valence-electron chi connectivity index (χ1n) is 6.73. The molecular weight excluding hydrogens is 263 g/mol. The Labute approximate surface area is 117 Å². The molecule has 0 spiro atoms. The van der Waals surface area contributed by atoms with E-state index in [1.165, 1.54) is 18.2 Å². The summed E-state index contributed by atoms with van der Waals surface area (Å²) in [7, 11) is 0. The molecule has 1 aromatic rings. The fourth-order valence-corrected chi connectivity index (χ4v) is 2.42. The first kappa shape index (κ1) is 14.7. The molecule has 0 aliphatic carbocycles. The van der Waals surface area contributed by atoms with Gasteiger partial charge in [-0.3, -0.25) is 9.69 Å². The quantitative estimate of drug-likeness (QED) is 0.855. The van der Waals surface area contributed by atoms with Gasteiger partial charge in [0.2, 0.25) is 0 Å². The van der Waals surface area contributed by atoms with Gasteiger partial charge in [-0.25, -0.2) is 4.39 Å². The van der Waals surface area contributed by atoms with E-state index in [2.05, 4.69) is 4.90 Å². The van der Waals surface area contributed by atoms with E-state index in [1.54, 1.807) is 4.90 Å². The molecule has 1 amide bonds. The second-order valence-electron chi connectivity index (χ2n) is 4.84. The summed E-state index contributed by atoms with van der Waals surface area (Å²) >= 11 is 0. The number of hydrogen-bond acceptors (Lipinski definition) is 4. The lowest BCUT2D eigenvalue weighted by Gasteiger charge is -2.22. The molecule has 0 bridgehead atoms. The Bertz CT molecular complexity index is 461. The fourth-order valence-electron chi connectivity index (χ4n) is 2.42. The number of aromatic hydroxyl groups is 1. The van der Waals surface area contributed by atoms with Gasteiger partial charge in [0.25, 0.3) is 5.91 Å². The monoisotopic (exact) mass is 282 g/mol. The molecule has 1 aliphatic heterocycles. The van der Waals surface area contributed by atoms with Gasteiger partial charge in [-0.05, 0) is 25.1 Å². The molecule has 20 heavy (non-hydrogen) atoms. The molecule has 0 atom stereocenters. The summed E-state index contributed by atoms with van der Waals surface area (Å²) in [6, 6.07) is 3.85. The Morgan fingerprint density at radius 3 is 2.75 bits per heavy atom. The van der Waals surface area contributed by atoms with Crippen LogP contribution in [-0.4, -0.2) is 65.3 Å². The van der Waals surface area contributed by atoms with Crippen LogP contribution in [0.5, 0.6) is 5.75 Å². The predicted molar refractivity (Wildman–Crippen MR) is 72.1 cm³/mol. The van der Waals surface area contributed by atoms with Crippen LogP contribution in [0, 0.1) is 5.82 Å². The molecule has 0 saturated carbocycles. The SMILES string of the molecule is O=C(c1c(O)cccc1F)N1CCCN(CCO)CC1. The van der Waals surface area contributed by atoms with Crippen molar-refractivity contribution in [2.45, 2.75) is 6.42 Å². The number of aliphatic hydroxyl groups excluding tert-OH is 1. The Morgan fingerprint density at radius 2 is 2.05 bits per heavy atom. The highest BCUT2D eigenvalue weighted by molar-refractivity contribution is 5.97. The molecule has 6 heteroatoms. The minimum Gasteiger partial charge on any atom is -0.507 e. The standard InChI is InChI=1S/C14H19FN2O3/c15-11-3-1-4-12(19)13(11)14(20)17-6-2-5-16(7-8-17)9-10-18/h1,3-4,18-19H,2,5-10H2. The maximum Gasteiger partial charge on any atom is 0.260 e. The summed E-state index contributed by atoms with van der Waals surface area (Å²) in [5.41, 5.74) is -0.261. The van der Waals surface area contributed by atoms with Crippen molar-refractivity contribution in [1.29, 1.82) is 0 Å². The van der Waals surface area contributed by atoms with Crippen molar-refractivity contribution >= 4 is 5.91 Å². The van der Waals surface area contributed by atoms with Crippen LogP contribution in [0.4, 0.5) is 4.39 Å². The van der Waals surface area contributed by atoms with Crippen LogP contribution < -0.4 is 0 Å². The van der Waals surface area contributed by atoms with Gasteiger partial charge in [0.05, 0.1) is 6.61 Å². The van der Waals surface area contributed by atoms with Crippen LogP contribution in [0.3, 0.4) is 0 Å². The highest BCUT2D eigenvalue weighted by Gasteiger charge is 2.24. The lowest BCUT2D eigenvalue weighted by molar-refractivity contribution is 0.0752. The van der Waals surface area contributed by atoms with Crippen LogP contribution in [0.25, 0.3) is 0 Å². The van der Waals surface area contributed by atoms with Crippen molar-refractivity contribution in [3.63, 3.8) is 0 Å². The average Bonchev–Trinajstić information content (AvgIpc) is 2.64. The van der Waals surface area contributed by atoms with E-state index in [0.717, 1.165) is 13.0 Å². The Hall–Kier alpha value is -1.66. The Balaban J connectivity index is 2.10. The molecule has 1 heterocycles. The average molecular weight is 282 g/mol. The summed E-state index contributed by atoms with van der Waals surface area (Å²) in [6.45, 7) is 3.09. The molecule has 2 N–H and O–H groups in total. The van der Waals surface area contributed by atoms with E-state index < -0.39 is 11.7 Å². The first-order valence-corrected chi connectivity index (χ1v) is 6.73. The molecule has 5 nitrogen and oxygen atoms in total. The maximum absolute atomic E-state index is 13.7. The van der Waals surface area contributed by atoms with E-state index in [-0.39, 0.29) is 17.9 Å². The number of carbonyl (C=O) groups is 1. The fraction of sp³-hybridized carbons (Fsp3) is 0.500. The van der Waals surface area contributed by atoms with Gasteiger partial charge < -0.3 is 15.1 Å². The number of aliphatic hydroxyl groups is 1. The summed E-state index contributed by atoms with van der Waals surface area (Å²) in [5, 5.41) is 18.6. The second-order valence-corrected chi connectivity index (χ2v) is 4.84. The number of nitrogens with zero attached hydrogens (tertiary/aromatic N) is 2. The van der Waals surface area contributed by atoms with Gasteiger partial charge in [0, 0.05) is 26.2 Å². The van der Waals surface area contributed by atoms with Crippen LogP contribution in [0.1, 0.15) is 16.8 Å². The molecule has 1 aromatic carbocycles. The summed E-state index contributed by atoms with van der Waals surface area (Å²) in [6.07, 6.45) is 0.765. The summed E-state index contributed by atoms with van der Waals surface area (Å²) in [5.74, 6) is -1.51. The van der Waals surface area contributed by atoms with Crippen molar-refractivity contribution in [2.24, 2.45) is 0 Å². The minimum atomic E-state index is -0.702. The van der Waals surface area contributed by atoms with Crippen molar-refractivity contribution < 1.29 is 19.4 Å². The van der Waals surface area contributed by atoms with Gasteiger partial charge in [-0.2, -0.15) is 0 Å². The number of benzene rings is 1. The highest BCUT2D eigenvalue weighted by Crippen LogP contribution is 2.22. The van der Waals surface area contributed by atoms with Crippen LogP contribution in [-0.2, 0) is 0 Å². The smallest absolute Gasteiger partial charge is 0.260 e. The molecule has 1 aliphatic rings. The van der Waals surface area contributed by atoms with E-state index in [9.17, 15) is 14.3 Å². The van der Waals surface area contributed by atoms with Crippen molar-refractivity contribution in [3.05, 3.63) is 29.6 Å². The van der Waals surface area contributed by atoms with Crippen molar-refractivity contribution in [3.8, 4) is 5.75 Å². The summed E-state index contributed by atoms with van der Waals surface area (Å²) < 4.78 is 13.7.